The van der Waals surface area contributed by atoms with Crippen molar-refractivity contribution in [2.45, 2.75) is 19.8 Å². The summed E-state index contributed by atoms with van der Waals surface area (Å²) in [4.78, 5) is 41.5. The van der Waals surface area contributed by atoms with Crippen LogP contribution in [-0.4, -0.2) is 48.4 Å². The van der Waals surface area contributed by atoms with Crippen molar-refractivity contribution in [2.24, 2.45) is 0 Å². The topological polar surface area (TPSA) is 102 Å². The van der Waals surface area contributed by atoms with Crippen LogP contribution in [0.2, 0.25) is 0 Å². The number of ether oxygens (including phenoxy) is 1. The van der Waals surface area contributed by atoms with Gasteiger partial charge in [0.15, 0.2) is 18.3 Å². The molecule has 3 aromatic rings. The number of benzene rings is 2. The molecule has 166 valence electrons. The van der Waals surface area contributed by atoms with Gasteiger partial charge in [-0.3, -0.25) is 14.4 Å². The van der Waals surface area contributed by atoms with Crippen molar-refractivity contribution in [2.75, 3.05) is 26.0 Å². The van der Waals surface area contributed by atoms with E-state index in [0.29, 0.717) is 22.9 Å². The first kappa shape index (κ1) is 22.7. The lowest BCUT2D eigenvalue weighted by Crippen LogP contribution is -2.22. The molecule has 1 heterocycles. The zero-order chi connectivity index (χ0) is 23.1. The molecule has 0 aliphatic carbocycles. The largest absolute Gasteiger partial charge is 0.456 e. The third-order valence-corrected chi connectivity index (χ3v) is 4.62. The molecule has 1 aromatic heterocycles. The Balaban J connectivity index is 1.41. The standard InChI is InChI=1S/C24H25N3O5/c1-16-4-6-17(7-5-16)20-14-25-22(32-20)12-13-23(29)31-15-21(28)26-19-10-8-18(9-11-19)24(30)27(2)3/h4-11,14H,12-13,15H2,1-3H3,(H,26,28). The monoisotopic (exact) mass is 435 g/mol. The normalized spacial score (nSPS) is 10.5. The Hall–Kier alpha value is -3.94. The van der Waals surface area contributed by atoms with Crippen molar-refractivity contribution in [1.29, 1.82) is 0 Å². The summed E-state index contributed by atoms with van der Waals surface area (Å²) < 4.78 is 10.7. The number of aryl methyl sites for hydroxylation is 2. The van der Waals surface area contributed by atoms with E-state index in [-0.39, 0.29) is 18.7 Å². The molecule has 0 bridgehead atoms. The number of nitrogens with zero attached hydrogens (tertiary/aromatic N) is 2. The highest BCUT2D eigenvalue weighted by atomic mass is 16.5. The molecule has 0 spiro atoms. The Morgan fingerprint density at radius 2 is 1.72 bits per heavy atom. The van der Waals surface area contributed by atoms with E-state index < -0.39 is 18.5 Å². The third kappa shape index (κ3) is 6.28. The molecule has 3 rings (SSSR count). The van der Waals surface area contributed by atoms with Crippen molar-refractivity contribution >= 4 is 23.5 Å². The zero-order valence-corrected chi connectivity index (χ0v) is 18.3. The Labute approximate surface area is 186 Å². The Kier molecular flexibility index (Phi) is 7.38. The van der Waals surface area contributed by atoms with Gasteiger partial charge in [0.25, 0.3) is 11.8 Å². The number of hydrogen-bond acceptors (Lipinski definition) is 6. The third-order valence-electron chi connectivity index (χ3n) is 4.62. The first-order chi connectivity index (χ1) is 15.3. The summed E-state index contributed by atoms with van der Waals surface area (Å²) >= 11 is 0. The van der Waals surface area contributed by atoms with Crippen LogP contribution < -0.4 is 5.32 Å². The number of carbonyl (C=O) groups is 3. The summed E-state index contributed by atoms with van der Waals surface area (Å²) in [5, 5.41) is 2.62. The number of amides is 2. The molecule has 1 N–H and O–H groups in total. The molecule has 0 atom stereocenters. The number of nitrogens with one attached hydrogen (secondary N) is 1. The molecule has 2 aromatic carbocycles. The SMILES string of the molecule is Cc1ccc(-c2cnc(CCC(=O)OCC(=O)Nc3ccc(C(=O)N(C)C)cc3)o2)cc1. The van der Waals surface area contributed by atoms with Gasteiger partial charge in [-0.15, -0.1) is 0 Å². The second kappa shape index (κ2) is 10.4. The van der Waals surface area contributed by atoms with E-state index >= 15 is 0 Å². The van der Waals surface area contributed by atoms with Crippen LogP contribution >= 0.6 is 0 Å². The van der Waals surface area contributed by atoms with E-state index in [0.717, 1.165) is 11.1 Å². The molecule has 0 saturated carbocycles. The fourth-order valence-corrected chi connectivity index (χ4v) is 2.86. The average Bonchev–Trinajstić information content (AvgIpc) is 3.26. The Morgan fingerprint density at radius 3 is 2.38 bits per heavy atom. The summed E-state index contributed by atoms with van der Waals surface area (Å²) in [6.45, 7) is 1.60. The molecule has 0 aliphatic heterocycles. The van der Waals surface area contributed by atoms with Gasteiger partial charge in [0.05, 0.1) is 12.6 Å². The van der Waals surface area contributed by atoms with Gasteiger partial charge >= 0.3 is 5.97 Å². The maximum atomic E-state index is 12.0. The smallest absolute Gasteiger partial charge is 0.306 e. The molecule has 0 radical (unpaired) electrons. The van der Waals surface area contributed by atoms with Crippen LogP contribution in [0.25, 0.3) is 11.3 Å². The van der Waals surface area contributed by atoms with E-state index in [1.54, 1.807) is 44.6 Å². The van der Waals surface area contributed by atoms with Crippen LogP contribution in [-0.2, 0) is 20.7 Å². The van der Waals surface area contributed by atoms with Crippen molar-refractivity contribution in [1.82, 2.24) is 9.88 Å². The number of rotatable bonds is 8. The van der Waals surface area contributed by atoms with E-state index in [9.17, 15) is 14.4 Å². The molecular formula is C24H25N3O5. The van der Waals surface area contributed by atoms with Gasteiger partial charge in [0.1, 0.15) is 0 Å². The van der Waals surface area contributed by atoms with Crippen molar-refractivity contribution in [3.05, 3.63) is 71.7 Å². The van der Waals surface area contributed by atoms with E-state index in [2.05, 4.69) is 10.3 Å². The van der Waals surface area contributed by atoms with Gasteiger partial charge < -0.3 is 19.4 Å². The summed E-state index contributed by atoms with van der Waals surface area (Å²) in [5.41, 5.74) is 3.07. The van der Waals surface area contributed by atoms with Crippen molar-refractivity contribution < 1.29 is 23.5 Å². The number of oxazole rings is 1. The van der Waals surface area contributed by atoms with Gasteiger partial charge in [-0.1, -0.05) is 29.8 Å². The van der Waals surface area contributed by atoms with Crippen LogP contribution in [0.1, 0.15) is 28.2 Å². The zero-order valence-electron chi connectivity index (χ0n) is 18.3. The number of hydrogen-bond donors (Lipinski definition) is 1. The Bertz CT molecular complexity index is 1090. The lowest BCUT2D eigenvalue weighted by Gasteiger charge is -2.11. The highest BCUT2D eigenvalue weighted by Gasteiger charge is 2.12. The molecule has 0 aliphatic rings. The van der Waals surface area contributed by atoms with Gasteiger partial charge in [0.2, 0.25) is 0 Å². The number of aromatic nitrogens is 1. The maximum Gasteiger partial charge on any atom is 0.306 e. The molecule has 32 heavy (non-hydrogen) atoms. The van der Waals surface area contributed by atoms with Crippen LogP contribution in [0.3, 0.4) is 0 Å². The second-order valence-corrected chi connectivity index (χ2v) is 7.47. The van der Waals surface area contributed by atoms with Gasteiger partial charge in [0, 0.05) is 37.3 Å². The lowest BCUT2D eigenvalue weighted by molar-refractivity contribution is -0.147. The number of esters is 1. The minimum absolute atomic E-state index is 0.0441. The molecule has 0 fully saturated rings. The van der Waals surface area contributed by atoms with Crippen molar-refractivity contribution in [3.63, 3.8) is 0 Å². The molecule has 8 heteroatoms. The van der Waals surface area contributed by atoms with Crippen LogP contribution in [0, 0.1) is 6.92 Å². The second-order valence-electron chi connectivity index (χ2n) is 7.47. The van der Waals surface area contributed by atoms with Crippen LogP contribution in [0.15, 0.2) is 59.1 Å². The van der Waals surface area contributed by atoms with Crippen LogP contribution in [0.4, 0.5) is 5.69 Å². The number of carbonyl (C=O) groups excluding carboxylic acids is 3. The van der Waals surface area contributed by atoms with Crippen LogP contribution in [0.5, 0.6) is 0 Å². The first-order valence-electron chi connectivity index (χ1n) is 10.1. The highest BCUT2D eigenvalue weighted by molar-refractivity contribution is 5.96. The average molecular weight is 435 g/mol. The Morgan fingerprint density at radius 1 is 1.03 bits per heavy atom. The summed E-state index contributed by atoms with van der Waals surface area (Å²) in [5.74, 6) is -0.0702. The quantitative estimate of drug-likeness (QED) is 0.544. The van der Waals surface area contributed by atoms with Gasteiger partial charge in [-0.25, -0.2) is 4.98 Å². The highest BCUT2D eigenvalue weighted by Crippen LogP contribution is 2.21. The summed E-state index contributed by atoms with van der Waals surface area (Å²) in [7, 11) is 3.33. The minimum Gasteiger partial charge on any atom is -0.456 e. The molecule has 0 unspecified atom stereocenters. The fraction of sp³-hybridized carbons (Fsp3) is 0.250. The van der Waals surface area contributed by atoms with Gasteiger partial charge in [-0.2, -0.15) is 0 Å². The predicted molar refractivity (Wildman–Crippen MR) is 119 cm³/mol. The minimum atomic E-state index is -0.526. The maximum absolute atomic E-state index is 12.0. The summed E-state index contributed by atoms with van der Waals surface area (Å²) in [6, 6.07) is 14.3. The summed E-state index contributed by atoms with van der Waals surface area (Å²) in [6.07, 6.45) is 1.94. The van der Waals surface area contributed by atoms with Crippen molar-refractivity contribution in [3.8, 4) is 11.3 Å². The van der Waals surface area contributed by atoms with E-state index in [1.807, 2.05) is 31.2 Å². The van der Waals surface area contributed by atoms with E-state index in [4.69, 9.17) is 9.15 Å². The predicted octanol–water partition coefficient (Wildman–Crippen LogP) is 3.47. The molecule has 2 amide bonds. The molecule has 0 saturated heterocycles. The fourth-order valence-electron chi connectivity index (χ4n) is 2.86. The molecular weight excluding hydrogens is 410 g/mol. The number of anilines is 1. The lowest BCUT2D eigenvalue weighted by atomic mass is 10.1. The molecule has 8 nitrogen and oxygen atoms in total. The first-order valence-corrected chi connectivity index (χ1v) is 10.1. The van der Waals surface area contributed by atoms with E-state index in [1.165, 1.54) is 4.90 Å². The van der Waals surface area contributed by atoms with Gasteiger partial charge in [-0.05, 0) is 31.2 Å².